The van der Waals surface area contributed by atoms with Gasteiger partial charge in [-0.3, -0.25) is 4.79 Å². The summed E-state index contributed by atoms with van der Waals surface area (Å²) in [6, 6.07) is 10.4. The molecule has 4 aromatic rings. The third kappa shape index (κ3) is 4.97. The molecule has 0 bridgehead atoms. The maximum Gasteiger partial charge on any atom is 0.268 e. The van der Waals surface area contributed by atoms with Crippen molar-refractivity contribution >= 4 is 38.2 Å². The van der Waals surface area contributed by atoms with Crippen molar-refractivity contribution in [2.24, 2.45) is 5.41 Å². The number of carbonyl (C=O) groups excluding carboxylic acids is 1. The number of aromatic nitrogens is 2. The number of alkyl halides is 2. The van der Waals surface area contributed by atoms with Gasteiger partial charge in [-0.2, -0.15) is 0 Å². The van der Waals surface area contributed by atoms with Crippen molar-refractivity contribution in [1.82, 2.24) is 14.3 Å². The minimum absolute atomic E-state index is 0.0400. The Labute approximate surface area is 217 Å². The number of rotatable bonds is 9. The lowest BCUT2D eigenvalue weighted by Crippen LogP contribution is -2.31. The molecular weight excluding hydrogens is 520 g/mol. The number of amides is 1. The normalized spacial score (nSPS) is 14.7. The first-order chi connectivity index (χ1) is 17.6. The van der Waals surface area contributed by atoms with Crippen LogP contribution in [0.2, 0.25) is 0 Å². The van der Waals surface area contributed by atoms with Crippen molar-refractivity contribution in [2.75, 3.05) is 0 Å². The van der Waals surface area contributed by atoms with Crippen LogP contribution in [0.25, 0.3) is 10.9 Å². The van der Waals surface area contributed by atoms with Crippen LogP contribution in [0.15, 0.2) is 58.3 Å². The summed E-state index contributed by atoms with van der Waals surface area (Å²) >= 11 is 1.35. The van der Waals surface area contributed by atoms with E-state index in [1.54, 1.807) is 23.0 Å². The number of benzene rings is 2. The van der Waals surface area contributed by atoms with E-state index < -0.39 is 21.9 Å². The molecule has 1 aliphatic rings. The molecule has 1 saturated carbocycles. The summed E-state index contributed by atoms with van der Waals surface area (Å²) < 4.78 is 62.4. The zero-order valence-electron chi connectivity index (χ0n) is 20.2. The molecular formula is C26H25F2N3O4S2. The summed E-state index contributed by atoms with van der Waals surface area (Å²) in [5.41, 5.74) is 2.70. The molecule has 0 aliphatic heterocycles. The SMILES string of the molecule is Cc1ccc(S(=O)(=O)n2c(CNC(=O)C3(C)CC3)cc3cc(C(F)F)c(OCc4cscn4)cc32)cc1. The molecule has 1 N–H and O–H groups in total. The van der Waals surface area contributed by atoms with Gasteiger partial charge in [-0.15, -0.1) is 11.3 Å². The van der Waals surface area contributed by atoms with E-state index in [2.05, 4.69) is 10.3 Å². The van der Waals surface area contributed by atoms with Crippen LogP contribution in [0, 0.1) is 12.3 Å². The smallest absolute Gasteiger partial charge is 0.268 e. The quantitative estimate of drug-likeness (QED) is 0.297. The molecule has 1 amide bonds. The van der Waals surface area contributed by atoms with Crippen LogP contribution in [0.3, 0.4) is 0 Å². The number of aryl methyl sites for hydroxylation is 1. The Morgan fingerprint density at radius 2 is 1.95 bits per heavy atom. The van der Waals surface area contributed by atoms with Gasteiger partial charge in [0.2, 0.25) is 5.91 Å². The van der Waals surface area contributed by atoms with E-state index in [1.807, 2.05) is 13.8 Å². The molecule has 1 fully saturated rings. The Morgan fingerprint density at radius 1 is 1.22 bits per heavy atom. The molecule has 0 saturated heterocycles. The first-order valence-corrected chi connectivity index (χ1v) is 14.0. The molecule has 2 aromatic heterocycles. The van der Waals surface area contributed by atoms with E-state index in [1.165, 1.54) is 41.7 Å². The summed E-state index contributed by atoms with van der Waals surface area (Å²) in [6.07, 6.45) is -1.31. The number of carbonyl (C=O) groups is 1. The first kappa shape index (κ1) is 25.3. The fourth-order valence-electron chi connectivity index (χ4n) is 4.06. The largest absolute Gasteiger partial charge is 0.487 e. The first-order valence-electron chi connectivity index (χ1n) is 11.7. The number of fused-ring (bicyclic) bond motifs is 1. The van der Waals surface area contributed by atoms with Gasteiger partial charge in [-0.05, 0) is 44.0 Å². The third-order valence-electron chi connectivity index (χ3n) is 6.59. The average molecular weight is 546 g/mol. The Hall–Kier alpha value is -3.31. The second kappa shape index (κ2) is 9.53. The molecule has 7 nitrogen and oxygen atoms in total. The molecule has 11 heteroatoms. The summed E-state index contributed by atoms with van der Waals surface area (Å²) in [5.74, 6) is -0.298. The maximum absolute atomic E-state index is 14.0. The number of hydrogen-bond acceptors (Lipinski definition) is 6. The summed E-state index contributed by atoms with van der Waals surface area (Å²) in [7, 11) is -4.13. The lowest BCUT2D eigenvalue weighted by Gasteiger charge is -2.15. The number of thiazole rings is 1. The topological polar surface area (TPSA) is 90.3 Å². The van der Waals surface area contributed by atoms with E-state index in [-0.39, 0.29) is 46.5 Å². The van der Waals surface area contributed by atoms with Gasteiger partial charge in [0.05, 0.1) is 39.4 Å². The van der Waals surface area contributed by atoms with E-state index >= 15 is 0 Å². The summed E-state index contributed by atoms with van der Waals surface area (Å²) in [4.78, 5) is 16.7. The predicted molar refractivity (Wildman–Crippen MR) is 136 cm³/mol. The zero-order valence-corrected chi connectivity index (χ0v) is 21.8. The standard InChI is InChI=1S/C26H25F2N3O4S2/c1-16-3-5-20(6-4-16)37(33,34)31-19(12-29-25(32)26(2)7-8-26)9-17-10-21(24(27)28)23(11-22(17)31)35-13-18-14-36-15-30-18/h3-6,9-11,14-15,24H,7-8,12-13H2,1-2H3,(H,29,32). The van der Waals surface area contributed by atoms with E-state index in [0.717, 1.165) is 22.4 Å². The second-order valence-corrected chi connectivity index (χ2v) is 12.0. The molecule has 194 valence electrons. The van der Waals surface area contributed by atoms with Gasteiger partial charge in [0, 0.05) is 22.2 Å². The lowest BCUT2D eigenvalue weighted by molar-refractivity contribution is -0.125. The highest BCUT2D eigenvalue weighted by Crippen LogP contribution is 2.45. The fourth-order valence-corrected chi connectivity index (χ4v) is 6.14. The minimum atomic E-state index is -4.13. The fraction of sp³-hybridized carbons (Fsp3) is 0.308. The van der Waals surface area contributed by atoms with Crippen molar-refractivity contribution < 1.29 is 26.7 Å². The summed E-state index contributed by atoms with van der Waals surface area (Å²) in [5, 5.41) is 4.86. The number of nitrogens with one attached hydrogen (secondary N) is 1. The Balaban J connectivity index is 1.63. The number of halogens is 2. The van der Waals surface area contributed by atoms with Gasteiger partial charge < -0.3 is 10.1 Å². The van der Waals surface area contributed by atoms with Crippen LogP contribution in [0.5, 0.6) is 5.75 Å². The van der Waals surface area contributed by atoms with Gasteiger partial charge in [-0.25, -0.2) is 26.2 Å². The molecule has 2 aromatic carbocycles. The number of ether oxygens (including phenoxy) is 1. The van der Waals surface area contributed by atoms with Crippen molar-refractivity contribution in [3.63, 3.8) is 0 Å². The molecule has 2 heterocycles. The lowest BCUT2D eigenvalue weighted by atomic mass is 10.1. The highest BCUT2D eigenvalue weighted by molar-refractivity contribution is 7.90. The van der Waals surface area contributed by atoms with E-state index in [9.17, 15) is 22.0 Å². The summed E-state index contributed by atoms with van der Waals surface area (Å²) in [6.45, 7) is 3.58. The van der Waals surface area contributed by atoms with Gasteiger partial charge in [0.15, 0.2) is 0 Å². The Bertz CT molecular complexity index is 1560. The monoisotopic (exact) mass is 545 g/mol. The van der Waals surface area contributed by atoms with Crippen LogP contribution in [-0.2, 0) is 28.0 Å². The van der Waals surface area contributed by atoms with Crippen LogP contribution in [0.4, 0.5) is 8.78 Å². The van der Waals surface area contributed by atoms with Gasteiger partial charge in [0.1, 0.15) is 12.4 Å². The van der Waals surface area contributed by atoms with Crippen molar-refractivity contribution in [1.29, 1.82) is 0 Å². The number of nitrogens with zero attached hydrogens (tertiary/aromatic N) is 2. The van der Waals surface area contributed by atoms with Gasteiger partial charge in [-0.1, -0.05) is 24.6 Å². The Morgan fingerprint density at radius 3 is 2.57 bits per heavy atom. The number of hydrogen-bond donors (Lipinski definition) is 1. The van der Waals surface area contributed by atoms with E-state index in [0.29, 0.717) is 11.1 Å². The predicted octanol–water partition coefficient (Wildman–Crippen LogP) is 5.58. The van der Waals surface area contributed by atoms with Crippen LogP contribution in [0.1, 0.15) is 48.7 Å². The van der Waals surface area contributed by atoms with E-state index in [4.69, 9.17) is 4.74 Å². The van der Waals surface area contributed by atoms with Gasteiger partial charge in [0.25, 0.3) is 16.4 Å². The molecule has 0 unspecified atom stereocenters. The highest BCUT2D eigenvalue weighted by Gasteiger charge is 2.44. The van der Waals surface area contributed by atoms with Crippen LogP contribution < -0.4 is 10.1 Å². The van der Waals surface area contributed by atoms with Crippen molar-refractivity contribution in [3.05, 3.63) is 75.9 Å². The van der Waals surface area contributed by atoms with Crippen LogP contribution >= 0.6 is 11.3 Å². The molecule has 0 radical (unpaired) electrons. The minimum Gasteiger partial charge on any atom is -0.487 e. The van der Waals surface area contributed by atoms with Crippen molar-refractivity contribution in [3.8, 4) is 5.75 Å². The highest BCUT2D eigenvalue weighted by atomic mass is 32.2. The van der Waals surface area contributed by atoms with Crippen molar-refractivity contribution in [2.45, 2.75) is 51.2 Å². The molecule has 1 aliphatic carbocycles. The third-order valence-corrected chi connectivity index (χ3v) is 9.01. The Kier molecular flexibility index (Phi) is 6.53. The maximum atomic E-state index is 14.0. The molecule has 0 spiro atoms. The zero-order chi connectivity index (χ0) is 26.4. The molecule has 0 atom stereocenters. The average Bonchev–Trinajstić information content (AvgIpc) is 3.26. The van der Waals surface area contributed by atoms with Gasteiger partial charge >= 0.3 is 0 Å². The molecule has 37 heavy (non-hydrogen) atoms. The van der Waals surface area contributed by atoms with Crippen LogP contribution in [-0.4, -0.2) is 23.3 Å². The second-order valence-electron chi connectivity index (χ2n) is 9.48. The molecule has 5 rings (SSSR count).